The second-order valence-electron chi connectivity index (χ2n) is 7.54. The number of rotatable bonds is 7. The van der Waals surface area contributed by atoms with Crippen LogP contribution in [0, 0.1) is 0 Å². The third-order valence-corrected chi connectivity index (χ3v) is 5.33. The predicted octanol–water partition coefficient (Wildman–Crippen LogP) is 1.90. The number of nitrogens with zero attached hydrogens (tertiary/aromatic N) is 1. The third kappa shape index (κ3) is 4.74. The lowest BCUT2D eigenvalue weighted by Gasteiger charge is -2.14. The number of hydrogen-bond donors (Lipinski definition) is 2. The van der Waals surface area contributed by atoms with Crippen LogP contribution in [0.15, 0.2) is 48.5 Å². The zero-order valence-electron chi connectivity index (χ0n) is 16.9. The quantitative estimate of drug-likeness (QED) is 0.525. The van der Waals surface area contributed by atoms with Crippen LogP contribution >= 0.6 is 0 Å². The van der Waals surface area contributed by atoms with Crippen molar-refractivity contribution in [2.75, 3.05) is 18.4 Å². The Morgan fingerprint density at radius 1 is 1.03 bits per heavy atom. The van der Waals surface area contributed by atoms with Crippen molar-refractivity contribution < 1.29 is 23.9 Å². The molecular weight excluding hydrogens is 398 g/mol. The molecule has 160 valence electrons. The average molecular weight is 421 g/mol. The minimum absolute atomic E-state index is 0.158. The van der Waals surface area contributed by atoms with Gasteiger partial charge in [0.15, 0.2) is 6.10 Å². The lowest BCUT2D eigenvalue weighted by Crippen LogP contribution is -2.33. The average Bonchev–Trinajstić information content (AvgIpc) is 3.35. The first kappa shape index (κ1) is 20.6. The summed E-state index contributed by atoms with van der Waals surface area (Å²) in [5.74, 6) is -0.162. The Labute approximate surface area is 179 Å². The van der Waals surface area contributed by atoms with Gasteiger partial charge in [-0.25, -0.2) is 0 Å². The topological polar surface area (TPSA) is 105 Å². The van der Waals surface area contributed by atoms with Crippen LogP contribution in [0.5, 0.6) is 5.75 Å². The molecule has 2 aliphatic rings. The molecule has 2 aromatic rings. The highest BCUT2D eigenvalue weighted by Gasteiger charge is 2.29. The van der Waals surface area contributed by atoms with E-state index >= 15 is 0 Å². The predicted molar refractivity (Wildman–Crippen MR) is 113 cm³/mol. The van der Waals surface area contributed by atoms with Gasteiger partial charge in [0, 0.05) is 43.6 Å². The maximum atomic E-state index is 12.6. The van der Waals surface area contributed by atoms with E-state index in [9.17, 15) is 19.2 Å². The maximum Gasteiger partial charge on any atom is 0.265 e. The fourth-order valence-electron chi connectivity index (χ4n) is 3.70. The second kappa shape index (κ2) is 8.99. The van der Waals surface area contributed by atoms with Gasteiger partial charge < -0.3 is 15.4 Å². The number of fused-ring (bicyclic) bond motifs is 1. The first-order valence-corrected chi connectivity index (χ1v) is 10.3. The van der Waals surface area contributed by atoms with Gasteiger partial charge in [0.05, 0.1) is 0 Å². The Kier molecular flexibility index (Phi) is 5.97. The van der Waals surface area contributed by atoms with Gasteiger partial charge in [0.1, 0.15) is 5.75 Å². The molecule has 0 bridgehead atoms. The molecule has 2 aliphatic heterocycles. The summed E-state index contributed by atoms with van der Waals surface area (Å²) in [7, 11) is 0. The number of benzene rings is 2. The number of imide groups is 1. The Hall–Kier alpha value is -3.68. The van der Waals surface area contributed by atoms with E-state index in [4.69, 9.17) is 4.74 Å². The van der Waals surface area contributed by atoms with Crippen LogP contribution in [-0.4, -0.2) is 47.7 Å². The second-order valence-corrected chi connectivity index (χ2v) is 7.54. The number of hydrogen-bond acceptors (Lipinski definition) is 5. The van der Waals surface area contributed by atoms with Gasteiger partial charge in [-0.2, -0.15) is 0 Å². The lowest BCUT2D eigenvalue weighted by atomic mass is 10.1. The number of nitrogens with one attached hydrogen (secondary N) is 2. The van der Waals surface area contributed by atoms with Crippen LogP contribution in [0.25, 0.3) is 0 Å². The smallest absolute Gasteiger partial charge is 0.265 e. The van der Waals surface area contributed by atoms with Crippen molar-refractivity contribution in [1.29, 1.82) is 0 Å². The van der Waals surface area contributed by atoms with E-state index in [2.05, 4.69) is 10.6 Å². The highest BCUT2D eigenvalue weighted by Crippen LogP contribution is 2.28. The summed E-state index contributed by atoms with van der Waals surface area (Å²) < 4.78 is 5.70. The maximum absolute atomic E-state index is 12.6. The lowest BCUT2D eigenvalue weighted by molar-refractivity contribution is -0.138. The molecule has 1 atom stereocenters. The van der Waals surface area contributed by atoms with Crippen LogP contribution < -0.4 is 15.4 Å². The van der Waals surface area contributed by atoms with Crippen LogP contribution in [0.4, 0.5) is 5.69 Å². The number of carbonyl (C=O) groups is 4. The van der Waals surface area contributed by atoms with Crippen molar-refractivity contribution in [3.8, 4) is 5.75 Å². The van der Waals surface area contributed by atoms with E-state index in [1.54, 1.807) is 24.3 Å². The summed E-state index contributed by atoms with van der Waals surface area (Å²) >= 11 is 0. The monoisotopic (exact) mass is 421 g/mol. The highest BCUT2D eigenvalue weighted by molar-refractivity contribution is 6.02. The molecule has 1 fully saturated rings. The van der Waals surface area contributed by atoms with Crippen molar-refractivity contribution in [3.05, 3.63) is 59.7 Å². The molecule has 2 N–H and O–H groups in total. The molecule has 1 unspecified atom stereocenters. The molecule has 31 heavy (non-hydrogen) atoms. The molecule has 8 nitrogen and oxygen atoms in total. The van der Waals surface area contributed by atoms with Gasteiger partial charge in [-0.05, 0) is 36.2 Å². The van der Waals surface area contributed by atoms with Crippen molar-refractivity contribution in [2.24, 2.45) is 0 Å². The zero-order valence-corrected chi connectivity index (χ0v) is 16.9. The van der Waals surface area contributed by atoms with Gasteiger partial charge in [0.2, 0.25) is 11.8 Å². The SMILES string of the molecule is O=C(NCCCN1C(=O)CCC1=O)c1cccc(NC(=O)C2Cc3ccccc3O2)c1. The summed E-state index contributed by atoms with van der Waals surface area (Å²) in [4.78, 5) is 49.4. The standard InChI is InChI=1S/C23H23N3O5/c27-20-9-10-21(28)26(20)12-4-11-24-22(29)16-6-3-7-17(13-16)25-23(30)19-14-15-5-1-2-8-18(15)31-19/h1-3,5-8,13,19H,4,9-12,14H2,(H,24,29)(H,25,30). The van der Waals surface area contributed by atoms with Crippen LogP contribution in [0.3, 0.4) is 0 Å². The Bertz CT molecular complexity index is 994. The molecule has 1 saturated heterocycles. The van der Waals surface area contributed by atoms with Gasteiger partial charge >= 0.3 is 0 Å². The fourth-order valence-corrected chi connectivity index (χ4v) is 3.70. The van der Waals surface area contributed by atoms with E-state index in [0.29, 0.717) is 42.9 Å². The van der Waals surface area contributed by atoms with Crippen molar-refractivity contribution in [2.45, 2.75) is 31.8 Å². The number of ether oxygens (including phenoxy) is 1. The van der Waals surface area contributed by atoms with Crippen LogP contribution in [-0.2, 0) is 20.8 Å². The molecule has 4 amide bonds. The van der Waals surface area contributed by atoms with E-state index in [1.165, 1.54) is 4.90 Å². The molecule has 0 radical (unpaired) electrons. The molecule has 8 heteroatoms. The minimum atomic E-state index is -0.606. The zero-order chi connectivity index (χ0) is 21.8. The molecular formula is C23H23N3O5. The van der Waals surface area contributed by atoms with Crippen molar-refractivity contribution >= 4 is 29.3 Å². The summed E-state index contributed by atoms with van der Waals surface area (Å²) in [6.07, 6.45) is 0.915. The normalized spacial score (nSPS) is 17.3. The molecule has 0 aromatic heterocycles. The molecule has 4 rings (SSSR count). The van der Waals surface area contributed by atoms with Gasteiger partial charge in [-0.15, -0.1) is 0 Å². The molecule has 0 aliphatic carbocycles. The highest BCUT2D eigenvalue weighted by atomic mass is 16.5. The number of anilines is 1. The Morgan fingerprint density at radius 2 is 1.81 bits per heavy atom. The van der Waals surface area contributed by atoms with Gasteiger partial charge in [-0.3, -0.25) is 24.1 Å². The number of para-hydroxylation sites is 1. The van der Waals surface area contributed by atoms with E-state index in [1.807, 2.05) is 24.3 Å². The van der Waals surface area contributed by atoms with Gasteiger partial charge in [0.25, 0.3) is 11.8 Å². The van der Waals surface area contributed by atoms with Gasteiger partial charge in [-0.1, -0.05) is 24.3 Å². The summed E-state index contributed by atoms with van der Waals surface area (Å²) in [6, 6.07) is 14.2. The molecule has 0 saturated carbocycles. The molecule has 2 heterocycles. The first-order valence-electron chi connectivity index (χ1n) is 10.3. The molecule has 2 aromatic carbocycles. The summed E-state index contributed by atoms with van der Waals surface area (Å²) in [5, 5.41) is 5.58. The van der Waals surface area contributed by atoms with Crippen LogP contribution in [0.1, 0.15) is 35.2 Å². The van der Waals surface area contributed by atoms with E-state index < -0.39 is 6.10 Å². The molecule has 0 spiro atoms. The third-order valence-electron chi connectivity index (χ3n) is 5.33. The van der Waals surface area contributed by atoms with Crippen molar-refractivity contribution in [1.82, 2.24) is 10.2 Å². The number of likely N-dealkylation sites (tertiary alicyclic amines) is 1. The Morgan fingerprint density at radius 3 is 2.58 bits per heavy atom. The first-order chi connectivity index (χ1) is 15.0. The fraction of sp³-hybridized carbons (Fsp3) is 0.304. The number of carbonyl (C=O) groups excluding carboxylic acids is 4. The summed E-state index contributed by atoms with van der Waals surface area (Å²) in [5.41, 5.74) is 1.90. The van der Waals surface area contributed by atoms with Crippen LogP contribution in [0.2, 0.25) is 0 Å². The number of amides is 4. The van der Waals surface area contributed by atoms with E-state index in [-0.39, 0.29) is 36.5 Å². The largest absolute Gasteiger partial charge is 0.480 e. The minimum Gasteiger partial charge on any atom is -0.480 e. The van der Waals surface area contributed by atoms with Crippen molar-refractivity contribution in [3.63, 3.8) is 0 Å². The summed E-state index contributed by atoms with van der Waals surface area (Å²) in [6.45, 7) is 0.637. The van der Waals surface area contributed by atoms with E-state index in [0.717, 1.165) is 5.56 Å². The Balaban J connectivity index is 1.27.